The van der Waals surface area contributed by atoms with Crippen LogP contribution in [0.2, 0.25) is 0 Å². The lowest BCUT2D eigenvalue weighted by Crippen LogP contribution is -2.42. The number of halogens is 1. The largest absolute Gasteiger partial charge is 0.489 e. The van der Waals surface area contributed by atoms with Crippen LogP contribution in [0.15, 0.2) is 35.3 Å². The third-order valence-corrected chi connectivity index (χ3v) is 3.72. The monoisotopic (exact) mass is 463 g/mol. The van der Waals surface area contributed by atoms with Crippen molar-refractivity contribution in [1.29, 1.82) is 0 Å². The molecule has 25 heavy (non-hydrogen) atoms. The zero-order valence-corrected chi connectivity index (χ0v) is 17.4. The molecule has 0 saturated carbocycles. The van der Waals surface area contributed by atoms with Crippen molar-refractivity contribution in [3.63, 3.8) is 0 Å². The highest BCUT2D eigenvalue weighted by Gasteiger charge is 2.15. The highest BCUT2D eigenvalue weighted by atomic mass is 127. The minimum Gasteiger partial charge on any atom is -0.489 e. The van der Waals surface area contributed by atoms with E-state index in [2.05, 4.69) is 15.6 Å². The van der Waals surface area contributed by atoms with Crippen LogP contribution in [0.1, 0.15) is 19.8 Å². The predicted octanol–water partition coefficient (Wildman–Crippen LogP) is 2.43. The molecule has 1 aromatic carbocycles. The van der Waals surface area contributed by atoms with E-state index in [0.717, 1.165) is 50.9 Å². The van der Waals surface area contributed by atoms with Gasteiger partial charge >= 0.3 is 0 Å². The SMILES string of the molecule is CN=C(NCCCOC1CCOC1)NCC(C)Oc1ccccc1.I. The first kappa shape index (κ1) is 22.0. The van der Waals surface area contributed by atoms with Crippen LogP contribution in [-0.4, -0.2) is 58.1 Å². The van der Waals surface area contributed by atoms with Gasteiger partial charge in [-0.2, -0.15) is 0 Å². The van der Waals surface area contributed by atoms with Crippen LogP contribution in [0.3, 0.4) is 0 Å². The molecular weight excluding hydrogens is 433 g/mol. The Morgan fingerprint density at radius 2 is 2.12 bits per heavy atom. The molecule has 0 aliphatic carbocycles. The highest BCUT2D eigenvalue weighted by molar-refractivity contribution is 14.0. The summed E-state index contributed by atoms with van der Waals surface area (Å²) in [4.78, 5) is 4.22. The molecule has 6 nitrogen and oxygen atoms in total. The van der Waals surface area contributed by atoms with Crippen LogP contribution in [0.5, 0.6) is 5.75 Å². The van der Waals surface area contributed by atoms with Gasteiger partial charge in [0.25, 0.3) is 0 Å². The number of hydrogen-bond acceptors (Lipinski definition) is 4. The third kappa shape index (κ3) is 9.27. The van der Waals surface area contributed by atoms with E-state index in [4.69, 9.17) is 14.2 Å². The molecule has 1 aliphatic heterocycles. The van der Waals surface area contributed by atoms with Crippen molar-refractivity contribution in [2.45, 2.75) is 32.0 Å². The number of aliphatic imine (C=N–C) groups is 1. The maximum Gasteiger partial charge on any atom is 0.191 e. The summed E-state index contributed by atoms with van der Waals surface area (Å²) in [5.74, 6) is 1.66. The van der Waals surface area contributed by atoms with E-state index in [1.165, 1.54) is 0 Å². The fourth-order valence-corrected chi connectivity index (χ4v) is 2.41. The molecule has 2 rings (SSSR count). The van der Waals surface area contributed by atoms with Crippen molar-refractivity contribution in [2.75, 3.05) is 40.0 Å². The van der Waals surface area contributed by atoms with Gasteiger partial charge in [0.1, 0.15) is 11.9 Å². The van der Waals surface area contributed by atoms with E-state index >= 15 is 0 Å². The number of hydrogen-bond donors (Lipinski definition) is 2. The third-order valence-electron chi connectivity index (χ3n) is 3.72. The molecule has 2 unspecified atom stereocenters. The molecule has 7 heteroatoms. The normalized spacial score (nSPS) is 18.3. The lowest BCUT2D eigenvalue weighted by molar-refractivity contribution is 0.0420. The fourth-order valence-electron chi connectivity index (χ4n) is 2.41. The first-order valence-electron chi connectivity index (χ1n) is 8.63. The maximum absolute atomic E-state index is 5.83. The minimum absolute atomic E-state index is 0. The van der Waals surface area contributed by atoms with Crippen molar-refractivity contribution >= 4 is 29.9 Å². The number of benzene rings is 1. The van der Waals surface area contributed by atoms with Gasteiger partial charge in [-0.15, -0.1) is 24.0 Å². The summed E-state index contributed by atoms with van der Waals surface area (Å²) in [6.07, 6.45) is 2.28. The Morgan fingerprint density at radius 3 is 2.80 bits per heavy atom. The van der Waals surface area contributed by atoms with E-state index in [9.17, 15) is 0 Å². The smallest absolute Gasteiger partial charge is 0.191 e. The highest BCUT2D eigenvalue weighted by Crippen LogP contribution is 2.10. The second-order valence-corrected chi connectivity index (χ2v) is 5.83. The van der Waals surface area contributed by atoms with Gasteiger partial charge in [-0.1, -0.05) is 18.2 Å². The minimum atomic E-state index is 0. The molecule has 0 spiro atoms. The molecular formula is C18H30IN3O3. The van der Waals surface area contributed by atoms with Crippen molar-refractivity contribution in [1.82, 2.24) is 10.6 Å². The zero-order valence-electron chi connectivity index (χ0n) is 15.1. The molecule has 142 valence electrons. The molecule has 0 amide bonds. The number of nitrogens with one attached hydrogen (secondary N) is 2. The Kier molecular flexibility index (Phi) is 11.6. The summed E-state index contributed by atoms with van der Waals surface area (Å²) in [5, 5.41) is 6.56. The van der Waals surface area contributed by atoms with Gasteiger partial charge in [-0.25, -0.2) is 0 Å². The first-order valence-corrected chi connectivity index (χ1v) is 8.63. The number of para-hydroxylation sites is 1. The molecule has 0 aromatic heterocycles. The number of ether oxygens (including phenoxy) is 3. The van der Waals surface area contributed by atoms with Crippen LogP contribution < -0.4 is 15.4 Å². The van der Waals surface area contributed by atoms with Crippen LogP contribution in [0.25, 0.3) is 0 Å². The summed E-state index contributed by atoms with van der Waals surface area (Å²) in [5.41, 5.74) is 0. The van der Waals surface area contributed by atoms with Gasteiger partial charge in [0, 0.05) is 26.8 Å². The van der Waals surface area contributed by atoms with Gasteiger partial charge in [0.15, 0.2) is 5.96 Å². The predicted molar refractivity (Wildman–Crippen MR) is 111 cm³/mol. The summed E-state index contributed by atoms with van der Waals surface area (Å²) in [6.45, 7) is 5.83. The molecule has 2 N–H and O–H groups in total. The molecule has 1 aliphatic rings. The summed E-state index contributed by atoms with van der Waals surface area (Å²) < 4.78 is 16.9. The Bertz CT molecular complexity index is 482. The molecule has 2 atom stereocenters. The lowest BCUT2D eigenvalue weighted by Gasteiger charge is -2.18. The Balaban J connectivity index is 0.00000312. The molecule has 0 bridgehead atoms. The van der Waals surface area contributed by atoms with Gasteiger partial charge < -0.3 is 24.8 Å². The summed E-state index contributed by atoms with van der Waals surface area (Å²) in [7, 11) is 1.77. The van der Waals surface area contributed by atoms with Crippen molar-refractivity contribution in [2.24, 2.45) is 4.99 Å². The van der Waals surface area contributed by atoms with E-state index in [-0.39, 0.29) is 36.2 Å². The molecule has 1 fully saturated rings. The quantitative estimate of drug-likeness (QED) is 0.255. The van der Waals surface area contributed by atoms with E-state index in [0.29, 0.717) is 6.54 Å². The van der Waals surface area contributed by atoms with Crippen LogP contribution in [-0.2, 0) is 9.47 Å². The Labute approximate surface area is 167 Å². The average molecular weight is 463 g/mol. The second kappa shape index (κ2) is 13.2. The van der Waals surface area contributed by atoms with Crippen molar-refractivity contribution in [3.05, 3.63) is 30.3 Å². The van der Waals surface area contributed by atoms with E-state index in [1.807, 2.05) is 37.3 Å². The fraction of sp³-hybridized carbons (Fsp3) is 0.611. The van der Waals surface area contributed by atoms with Crippen LogP contribution in [0, 0.1) is 0 Å². The van der Waals surface area contributed by atoms with E-state index < -0.39 is 0 Å². The van der Waals surface area contributed by atoms with Crippen LogP contribution in [0.4, 0.5) is 0 Å². The topological polar surface area (TPSA) is 64.1 Å². The van der Waals surface area contributed by atoms with Crippen molar-refractivity contribution < 1.29 is 14.2 Å². The Morgan fingerprint density at radius 1 is 1.32 bits per heavy atom. The maximum atomic E-state index is 5.83. The van der Waals surface area contributed by atoms with Gasteiger partial charge in [-0.3, -0.25) is 4.99 Å². The lowest BCUT2D eigenvalue weighted by atomic mass is 10.3. The standard InChI is InChI=1S/C18H29N3O3.HI/c1-15(24-16-7-4-3-5-8-16)13-21-18(19-2)20-10-6-11-23-17-9-12-22-14-17;/h3-5,7-8,15,17H,6,9-14H2,1-2H3,(H2,19,20,21);1H. The molecule has 1 heterocycles. The Hall–Kier alpha value is -1.06. The average Bonchev–Trinajstić information content (AvgIpc) is 3.11. The second-order valence-electron chi connectivity index (χ2n) is 5.83. The van der Waals surface area contributed by atoms with Crippen molar-refractivity contribution in [3.8, 4) is 5.75 Å². The van der Waals surface area contributed by atoms with Gasteiger partial charge in [-0.05, 0) is 31.9 Å². The van der Waals surface area contributed by atoms with Gasteiger partial charge in [0.2, 0.25) is 0 Å². The van der Waals surface area contributed by atoms with Gasteiger partial charge in [0.05, 0.1) is 19.3 Å². The summed E-state index contributed by atoms with van der Waals surface area (Å²) >= 11 is 0. The molecule has 1 saturated heterocycles. The first-order chi connectivity index (χ1) is 11.8. The molecule has 1 aromatic rings. The number of rotatable bonds is 9. The van der Waals surface area contributed by atoms with Crippen LogP contribution >= 0.6 is 24.0 Å². The number of guanidine groups is 1. The molecule has 0 radical (unpaired) electrons. The zero-order chi connectivity index (χ0) is 17.0. The summed E-state index contributed by atoms with van der Waals surface area (Å²) in [6, 6.07) is 9.83. The van der Waals surface area contributed by atoms with E-state index in [1.54, 1.807) is 7.05 Å². The number of nitrogens with zero attached hydrogens (tertiary/aromatic N) is 1.